The van der Waals surface area contributed by atoms with Gasteiger partial charge in [-0.05, 0) is 0 Å². The molecule has 2 heterocycles. The van der Waals surface area contributed by atoms with Crippen molar-refractivity contribution in [2.45, 2.75) is 6.04 Å². The van der Waals surface area contributed by atoms with Crippen LogP contribution < -0.4 is 0 Å². The molecule has 13 heavy (non-hydrogen) atoms. The highest BCUT2D eigenvalue weighted by Crippen LogP contribution is 2.27. The first-order chi connectivity index (χ1) is 6.11. The molecular formula is C7H8N2O3S. The summed E-state index contributed by atoms with van der Waals surface area (Å²) < 4.78 is 0. The van der Waals surface area contributed by atoms with Crippen LogP contribution in [0, 0.1) is 0 Å². The second-order valence-corrected chi connectivity index (χ2v) is 4.02. The molecule has 2 aliphatic heterocycles. The van der Waals surface area contributed by atoms with Gasteiger partial charge in [0.15, 0.2) is 0 Å². The Bertz CT molecular complexity index is 304. The number of likely N-dealkylation sites (N-methyl/N-ethyl adjacent to an activating group) is 1. The number of nitrogens with zero attached hydrogens (tertiary/aromatic N) is 2. The van der Waals surface area contributed by atoms with Crippen molar-refractivity contribution < 1.29 is 14.4 Å². The summed E-state index contributed by atoms with van der Waals surface area (Å²) in [5.41, 5.74) is 0. The first kappa shape index (κ1) is 8.55. The molecule has 70 valence electrons. The number of amides is 3. The molecular weight excluding hydrogens is 192 g/mol. The van der Waals surface area contributed by atoms with E-state index in [-0.39, 0.29) is 23.6 Å². The molecule has 2 rings (SSSR count). The molecule has 6 heteroatoms. The van der Waals surface area contributed by atoms with E-state index >= 15 is 0 Å². The van der Waals surface area contributed by atoms with E-state index in [1.807, 2.05) is 0 Å². The third kappa shape index (κ3) is 1.13. The zero-order valence-corrected chi connectivity index (χ0v) is 7.84. The summed E-state index contributed by atoms with van der Waals surface area (Å²) >= 11 is 1.03. The highest BCUT2D eigenvalue weighted by Gasteiger charge is 2.46. The summed E-state index contributed by atoms with van der Waals surface area (Å²) in [7, 11) is 1.57. The molecule has 2 fully saturated rings. The van der Waals surface area contributed by atoms with Crippen molar-refractivity contribution in [2.75, 3.05) is 19.3 Å². The van der Waals surface area contributed by atoms with Crippen molar-refractivity contribution in [3.63, 3.8) is 0 Å². The molecule has 3 amide bonds. The number of imide groups is 1. The predicted molar refractivity (Wildman–Crippen MR) is 46.1 cm³/mol. The molecule has 1 atom stereocenters. The van der Waals surface area contributed by atoms with Gasteiger partial charge in [0.25, 0.3) is 5.24 Å². The Morgan fingerprint density at radius 3 is 2.77 bits per heavy atom. The Morgan fingerprint density at radius 1 is 1.38 bits per heavy atom. The van der Waals surface area contributed by atoms with Crippen molar-refractivity contribution >= 4 is 28.8 Å². The first-order valence-corrected chi connectivity index (χ1v) is 4.83. The Morgan fingerprint density at radius 2 is 2.08 bits per heavy atom. The second-order valence-electron chi connectivity index (χ2n) is 3.05. The standard InChI is InChI=1S/C7H8N2O3S/c1-8-2-5(10)9-4(6(8)11)3-13-7(9)12/h4H,2-3H2,1H3. The monoisotopic (exact) mass is 200 g/mol. The van der Waals surface area contributed by atoms with Gasteiger partial charge in [0, 0.05) is 12.8 Å². The molecule has 0 spiro atoms. The Kier molecular flexibility index (Phi) is 1.80. The average molecular weight is 200 g/mol. The normalized spacial score (nSPS) is 28.4. The quantitative estimate of drug-likeness (QED) is 0.530. The minimum atomic E-state index is -0.552. The van der Waals surface area contributed by atoms with Crippen molar-refractivity contribution in [1.29, 1.82) is 0 Å². The summed E-state index contributed by atoms with van der Waals surface area (Å²) in [5.74, 6) is -0.0200. The van der Waals surface area contributed by atoms with E-state index in [1.54, 1.807) is 7.05 Å². The molecule has 0 radical (unpaired) electrons. The van der Waals surface area contributed by atoms with Gasteiger partial charge in [0.2, 0.25) is 11.8 Å². The zero-order valence-electron chi connectivity index (χ0n) is 7.02. The van der Waals surface area contributed by atoms with Crippen LogP contribution in [-0.2, 0) is 9.59 Å². The number of rotatable bonds is 0. The molecule has 1 unspecified atom stereocenters. The van der Waals surface area contributed by atoms with E-state index in [0.29, 0.717) is 5.75 Å². The molecule has 5 nitrogen and oxygen atoms in total. The lowest BCUT2D eigenvalue weighted by molar-refractivity contribution is -0.149. The molecule has 2 saturated heterocycles. The first-order valence-electron chi connectivity index (χ1n) is 3.85. The topological polar surface area (TPSA) is 57.7 Å². The van der Waals surface area contributed by atoms with Gasteiger partial charge < -0.3 is 4.90 Å². The van der Waals surface area contributed by atoms with Gasteiger partial charge in [-0.2, -0.15) is 0 Å². The van der Waals surface area contributed by atoms with Gasteiger partial charge in [0.1, 0.15) is 6.04 Å². The molecule has 0 N–H and O–H groups in total. The van der Waals surface area contributed by atoms with Crippen molar-refractivity contribution in [3.05, 3.63) is 0 Å². The van der Waals surface area contributed by atoms with E-state index in [4.69, 9.17) is 0 Å². The Hall–Kier alpha value is -1.04. The Balaban J connectivity index is 2.31. The molecule has 2 aliphatic rings. The summed E-state index contributed by atoms with van der Waals surface area (Å²) in [6, 6.07) is -0.552. The van der Waals surface area contributed by atoms with Crippen LogP contribution in [0.4, 0.5) is 4.79 Å². The third-order valence-electron chi connectivity index (χ3n) is 2.18. The summed E-state index contributed by atoms with van der Waals surface area (Å²) in [4.78, 5) is 36.4. The average Bonchev–Trinajstić information content (AvgIpc) is 2.44. The van der Waals surface area contributed by atoms with Gasteiger partial charge in [-0.15, -0.1) is 0 Å². The predicted octanol–water partition coefficient (Wildman–Crippen LogP) is -0.478. The van der Waals surface area contributed by atoms with Crippen molar-refractivity contribution in [3.8, 4) is 0 Å². The van der Waals surface area contributed by atoms with Crippen LogP contribution in [0.3, 0.4) is 0 Å². The largest absolute Gasteiger partial charge is 0.335 e. The van der Waals surface area contributed by atoms with Crippen LogP contribution in [0.5, 0.6) is 0 Å². The third-order valence-corrected chi connectivity index (χ3v) is 3.10. The molecule has 0 aromatic carbocycles. The van der Waals surface area contributed by atoms with Gasteiger partial charge in [-0.3, -0.25) is 19.3 Å². The summed E-state index contributed by atoms with van der Waals surface area (Å²) in [6.45, 7) is 0.0155. The number of piperazine rings is 1. The molecule has 0 bridgehead atoms. The van der Waals surface area contributed by atoms with Crippen LogP contribution in [-0.4, -0.2) is 52.2 Å². The fraction of sp³-hybridized carbons (Fsp3) is 0.571. The van der Waals surface area contributed by atoms with E-state index in [2.05, 4.69) is 0 Å². The highest BCUT2D eigenvalue weighted by atomic mass is 32.2. The lowest BCUT2D eigenvalue weighted by atomic mass is 10.2. The lowest BCUT2D eigenvalue weighted by Crippen LogP contribution is -2.57. The van der Waals surface area contributed by atoms with Gasteiger partial charge in [0.05, 0.1) is 6.54 Å². The minimum Gasteiger partial charge on any atom is -0.335 e. The number of carbonyl (C=O) groups excluding carboxylic acids is 3. The summed E-state index contributed by atoms with van der Waals surface area (Å²) in [6.07, 6.45) is 0. The second kappa shape index (κ2) is 2.73. The van der Waals surface area contributed by atoms with Crippen LogP contribution in [0.25, 0.3) is 0 Å². The number of thioether (sulfide) groups is 1. The maximum absolute atomic E-state index is 11.5. The van der Waals surface area contributed by atoms with E-state index in [9.17, 15) is 14.4 Å². The summed E-state index contributed by atoms with van der Waals surface area (Å²) in [5, 5.41) is -0.295. The van der Waals surface area contributed by atoms with Gasteiger partial charge in [-0.25, -0.2) is 0 Å². The van der Waals surface area contributed by atoms with E-state index in [0.717, 1.165) is 16.7 Å². The van der Waals surface area contributed by atoms with E-state index < -0.39 is 6.04 Å². The smallest absolute Gasteiger partial charge is 0.289 e. The maximum Gasteiger partial charge on any atom is 0.289 e. The van der Waals surface area contributed by atoms with Crippen LogP contribution in [0.2, 0.25) is 0 Å². The van der Waals surface area contributed by atoms with Crippen molar-refractivity contribution in [1.82, 2.24) is 9.80 Å². The highest BCUT2D eigenvalue weighted by molar-refractivity contribution is 8.14. The SMILES string of the molecule is CN1CC(=O)N2C(=O)SCC2C1=O. The lowest BCUT2D eigenvalue weighted by Gasteiger charge is -2.31. The maximum atomic E-state index is 11.5. The van der Waals surface area contributed by atoms with Crippen molar-refractivity contribution in [2.24, 2.45) is 0 Å². The van der Waals surface area contributed by atoms with Crippen LogP contribution in [0.15, 0.2) is 0 Å². The fourth-order valence-electron chi connectivity index (χ4n) is 1.49. The van der Waals surface area contributed by atoms with Crippen LogP contribution in [0.1, 0.15) is 0 Å². The zero-order chi connectivity index (χ0) is 9.59. The molecule has 0 saturated carbocycles. The minimum absolute atomic E-state index is 0.0155. The fourth-order valence-corrected chi connectivity index (χ4v) is 2.45. The van der Waals surface area contributed by atoms with E-state index in [1.165, 1.54) is 4.90 Å². The number of hydrogen-bond acceptors (Lipinski definition) is 4. The number of carbonyl (C=O) groups is 3. The molecule has 0 aliphatic carbocycles. The van der Waals surface area contributed by atoms with Gasteiger partial charge >= 0.3 is 0 Å². The number of fused-ring (bicyclic) bond motifs is 1. The Labute approximate surface area is 79.0 Å². The van der Waals surface area contributed by atoms with Gasteiger partial charge in [-0.1, -0.05) is 11.8 Å². The molecule has 0 aromatic rings. The number of hydrogen-bond donors (Lipinski definition) is 0. The molecule has 0 aromatic heterocycles. The van der Waals surface area contributed by atoms with Crippen LogP contribution >= 0.6 is 11.8 Å².